The third-order valence-electron chi connectivity index (χ3n) is 3.12. The first kappa shape index (κ1) is 16.8. The molecule has 0 aliphatic rings. The average molecular weight is 333 g/mol. The number of benzene rings is 1. The summed E-state index contributed by atoms with van der Waals surface area (Å²) in [6.45, 7) is 5.94. The van der Waals surface area contributed by atoms with E-state index in [-0.39, 0.29) is 10.7 Å². The van der Waals surface area contributed by atoms with Crippen LogP contribution in [0.2, 0.25) is 0 Å². The summed E-state index contributed by atoms with van der Waals surface area (Å²) in [4.78, 5) is 4.28. The number of aryl methyl sites for hydroxylation is 1. The molecule has 1 aromatic carbocycles. The van der Waals surface area contributed by atoms with Gasteiger partial charge in [0.25, 0.3) is 10.0 Å². The van der Waals surface area contributed by atoms with Crippen LogP contribution in [-0.2, 0) is 10.0 Å². The number of sulfonamides is 1. The van der Waals surface area contributed by atoms with Gasteiger partial charge in [-0.1, -0.05) is 6.08 Å². The first-order chi connectivity index (χ1) is 11.0. The van der Waals surface area contributed by atoms with Crippen molar-refractivity contribution in [2.75, 3.05) is 23.7 Å². The number of nitrogens with zero attached hydrogens (tertiary/aromatic N) is 1. The molecule has 0 radical (unpaired) electrons. The van der Waals surface area contributed by atoms with Crippen molar-refractivity contribution in [3.63, 3.8) is 0 Å². The van der Waals surface area contributed by atoms with Gasteiger partial charge in [-0.15, -0.1) is 6.58 Å². The highest BCUT2D eigenvalue weighted by molar-refractivity contribution is 7.92. The predicted molar refractivity (Wildman–Crippen MR) is 91.5 cm³/mol. The molecule has 7 heteroatoms. The Bertz CT molecular complexity index is 787. The smallest absolute Gasteiger partial charge is 0.263 e. The molecule has 0 aliphatic carbocycles. The third-order valence-corrected chi connectivity index (χ3v) is 4.64. The van der Waals surface area contributed by atoms with Gasteiger partial charge in [0, 0.05) is 6.54 Å². The van der Waals surface area contributed by atoms with E-state index in [1.54, 1.807) is 43.5 Å². The highest BCUT2D eigenvalue weighted by Gasteiger charge is 2.17. The number of pyridine rings is 1. The Hall–Kier alpha value is -2.54. The van der Waals surface area contributed by atoms with E-state index in [2.05, 4.69) is 21.6 Å². The fourth-order valence-electron chi connectivity index (χ4n) is 1.99. The summed E-state index contributed by atoms with van der Waals surface area (Å²) in [6.07, 6.45) is 3.28. The quantitative estimate of drug-likeness (QED) is 0.762. The van der Waals surface area contributed by atoms with E-state index in [0.29, 0.717) is 17.9 Å². The van der Waals surface area contributed by atoms with E-state index < -0.39 is 10.0 Å². The fraction of sp³-hybridized carbons (Fsp3) is 0.188. The molecule has 2 N–H and O–H groups in total. The molecule has 6 nitrogen and oxygen atoms in total. The van der Waals surface area contributed by atoms with Crippen LogP contribution in [0.25, 0.3) is 0 Å². The Morgan fingerprint density at radius 2 is 2.09 bits per heavy atom. The summed E-state index contributed by atoms with van der Waals surface area (Å²) >= 11 is 0. The summed E-state index contributed by atoms with van der Waals surface area (Å²) in [5.41, 5.74) is 1.38. The minimum atomic E-state index is -3.70. The predicted octanol–water partition coefficient (Wildman–Crippen LogP) is 2.80. The van der Waals surface area contributed by atoms with Crippen LogP contribution in [0.15, 0.2) is 54.1 Å². The lowest BCUT2D eigenvalue weighted by molar-refractivity contribution is 0.414. The molecule has 2 aromatic rings. The monoisotopic (exact) mass is 333 g/mol. The SMILES string of the molecule is C=CCNc1ccc(NS(=O)(=O)c2ccc(OC)cc2C)nc1. The lowest BCUT2D eigenvalue weighted by Crippen LogP contribution is -2.15. The summed E-state index contributed by atoms with van der Waals surface area (Å²) in [7, 11) is -2.17. The number of methoxy groups -OCH3 is 1. The molecular formula is C16H19N3O3S. The first-order valence-corrected chi connectivity index (χ1v) is 8.43. The van der Waals surface area contributed by atoms with Gasteiger partial charge in [-0.25, -0.2) is 13.4 Å². The number of hydrogen-bond acceptors (Lipinski definition) is 5. The maximum absolute atomic E-state index is 12.5. The summed E-state index contributed by atoms with van der Waals surface area (Å²) in [5, 5.41) is 3.07. The summed E-state index contributed by atoms with van der Waals surface area (Å²) in [5.74, 6) is 0.863. The van der Waals surface area contributed by atoms with Crippen molar-refractivity contribution in [2.45, 2.75) is 11.8 Å². The zero-order valence-corrected chi connectivity index (χ0v) is 13.9. The number of rotatable bonds is 7. The third kappa shape index (κ3) is 4.23. The van der Waals surface area contributed by atoms with Gasteiger partial charge >= 0.3 is 0 Å². The molecule has 0 bridgehead atoms. The van der Waals surface area contributed by atoms with Crippen molar-refractivity contribution in [1.82, 2.24) is 4.98 Å². The molecule has 1 heterocycles. The minimum Gasteiger partial charge on any atom is -0.497 e. The molecule has 0 amide bonds. The van der Waals surface area contributed by atoms with Crippen molar-refractivity contribution in [2.24, 2.45) is 0 Å². The maximum Gasteiger partial charge on any atom is 0.263 e. The minimum absolute atomic E-state index is 0.189. The normalized spacial score (nSPS) is 10.9. The lowest BCUT2D eigenvalue weighted by atomic mass is 10.2. The molecule has 0 aliphatic heterocycles. The molecule has 1 aromatic heterocycles. The van der Waals surface area contributed by atoms with Gasteiger partial charge in [-0.05, 0) is 42.8 Å². The van der Waals surface area contributed by atoms with Gasteiger partial charge in [0.05, 0.1) is 23.9 Å². The van der Waals surface area contributed by atoms with Crippen molar-refractivity contribution in [3.05, 3.63) is 54.7 Å². The van der Waals surface area contributed by atoms with E-state index >= 15 is 0 Å². The van der Waals surface area contributed by atoms with Crippen LogP contribution in [0.4, 0.5) is 11.5 Å². The van der Waals surface area contributed by atoms with Gasteiger partial charge in [0.2, 0.25) is 0 Å². The topological polar surface area (TPSA) is 80.3 Å². The zero-order valence-electron chi connectivity index (χ0n) is 13.0. The number of aromatic nitrogens is 1. The standard InChI is InChI=1S/C16H19N3O3S/c1-4-9-17-13-5-8-16(18-11-13)19-23(20,21)15-7-6-14(22-3)10-12(15)2/h4-8,10-11,17H,1,9H2,2-3H3,(H,18,19). The molecule has 122 valence electrons. The largest absolute Gasteiger partial charge is 0.497 e. The van der Waals surface area contributed by atoms with Crippen LogP contribution in [0, 0.1) is 6.92 Å². The second kappa shape index (κ2) is 7.15. The lowest BCUT2D eigenvalue weighted by Gasteiger charge is -2.11. The summed E-state index contributed by atoms with van der Waals surface area (Å²) < 4.78 is 32.5. The number of ether oxygens (including phenoxy) is 1. The number of nitrogens with one attached hydrogen (secondary N) is 2. The van der Waals surface area contributed by atoms with Gasteiger partial charge in [0.15, 0.2) is 0 Å². The Morgan fingerprint density at radius 1 is 1.30 bits per heavy atom. The van der Waals surface area contributed by atoms with E-state index in [0.717, 1.165) is 5.69 Å². The number of hydrogen-bond donors (Lipinski definition) is 2. The molecule has 0 atom stereocenters. The first-order valence-electron chi connectivity index (χ1n) is 6.94. The molecule has 2 rings (SSSR count). The Labute approximate surface area is 136 Å². The van der Waals surface area contributed by atoms with Crippen LogP contribution in [-0.4, -0.2) is 27.1 Å². The number of anilines is 2. The molecular weight excluding hydrogens is 314 g/mol. The van der Waals surface area contributed by atoms with Crippen molar-refractivity contribution in [1.29, 1.82) is 0 Å². The van der Waals surface area contributed by atoms with Crippen molar-refractivity contribution >= 4 is 21.5 Å². The summed E-state index contributed by atoms with van der Waals surface area (Å²) in [6, 6.07) is 8.13. The Balaban J connectivity index is 2.19. The highest BCUT2D eigenvalue weighted by Crippen LogP contribution is 2.23. The molecule has 0 unspecified atom stereocenters. The molecule has 0 fully saturated rings. The van der Waals surface area contributed by atoms with Gasteiger partial charge < -0.3 is 10.1 Å². The molecule has 0 spiro atoms. The second-order valence-electron chi connectivity index (χ2n) is 4.84. The highest BCUT2D eigenvalue weighted by atomic mass is 32.2. The van der Waals surface area contributed by atoms with Crippen LogP contribution >= 0.6 is 0 Å². The van der Waals surface area contributed by atoms with Crippen molar-refractivity contribution in [3.8, 4) is 5.75 Å². The van der Waals surface area contributed by atoms with E-state index in [9.17, 15) is 8.42 Å². The maximum atomic E-state index is 12.5. The van der Waals surface area contributed by atoms with E-state index in [1.807, 2.05) is 0 Å². The van der Waals surface area contributed by atoms with Gasteiger partial charge in [-0.2, -0.15) is 0 Å². The Morgan fingerprint density at radius 3 is 2.65 bits per heavy atom. The van der Waals surface area contributed by atoms with Crippen LogP contribution in [0.1, 0.15) is 5.56 Å². The fourth-order valence-corrected chi connectivity index (χ4v) is 3.23. The van der Waals surface area contributed by atoms with Crippen LogP contribution < -0.4 is 14.8 Å². The van der Waals surface area contributed by atoms with Crippen molar-refractivity contribution < 1.29 is 13.2 Å². The second-order valence-corrected chi connectivity index (χ2v) is 6.49. The van der Waals surface area contributed by atoms with Crippen LogP contribution in [0.3, 0.4) is 0 Å². The average Bonchev–Trinajstić information content (AvgIpc) is 2.53. The Kier molecular flexibility index (Phi) is 5.23. The zero-order chi connectivity index (χ0) is 16.9. The van der Waals surface area contributed by atoms with E-state index in [4.69, 9.17) is 4.74 Å². The van der Waals surface area contributed by atoms with E-state index in [1.165, 1.54) is 13.2 Å². The van der Waals surface area contributed by atoms with Crippen LogP contribution in [0.5, 0.6) is 5.75 Å². The molecule has 0 saturated heterocycles. The van der Waals surface area contributed by atoms with Gasteiger partial charge in [-0.3, -0.25) is 4.72 Å². The van der Waals surface area contributed by atoms with Gasteiger partial charge in [0.1, 0.15) is 11.6 Å². The molecule has 0 saturated carbocycles. The molecule has 23 heavy (non-hydrogen) atoms.